The van der Waals surface area contributed by atoms with Crippen LogP contribution in [-0.4, -0.2) is 22.1 Å². The van der Waals surface area contributed by atoms with Gasteiger partial charge < -0.3 is 10.2 Å². The van der Waals surface area contributed by atoms with Crippen LogP contribution in [-0.2, 0) is 0 Å². The van der Waals surface area contributed by atoms with E-state index in [2.05, 4.69) is 6.58 Å². The van der Waals surface area contributed by atoms with Crippen molar-refractivity contribution < 1.29 is 19.8 Å². The maximum Gasteiger partial charge on any atom is 0.339 e. The fourth-order valence-corrected chi connectivity index (χ4v) is 2.39. The minimum Gasteiger partial charge on any atom is -0.507 e. The van der Waals surface area contributed by atoms with Crippen LogP contribution in [0.3, 0.4) is 0 Å². The van der Waals surface area contributed by atoms with E-state index >= 15 is 0 Å². The Balaban J connectivity index is 2.11. The molecule has 21 heavy (non-hydrogen) atoms. The van der Waals surface area contributed by atoms with Gasteiger partial charge in [0.2, 0.25) is 0 Å². The molecule has 0 atom stereocenters. The van der Waals surface area contributed by atoms with Crippen LogP contribution < -0.4 is 4.90 Å². The van der Waals surface area contributed by atoms with Gasteiger partial charge >= 0.3 is 5.97 Å². The third kappa shape index (κ3) is 1.87. The third-order valence-corrected chi connectivity index (χ3v) is 3.41. The highest BCUT2D eigenvalue weighted by Crippen LogP contribution is 2.36. The lowest BCUT2D eigenvalue weighted by molar-refractivity contribution is 0.0693. The van der Waals surface area contributed by atoms with E-state index in [0.717, 1.165) is 0 Å². The Hall–Kier alpha value is -3.08. The molecule has 0 saturated heterocycles. The largest absolute Gasteiger partial charge is 0.507 e. The van der Waals surface area contributed by atoms with Crippen LogP contribution in [0.1, 0.15) is 26.3 Å². The molecule has 5 nitrogen and oxygen atoms in total. The molecule has 5 heteroatoms. The summed E-state index contributed by atoms with van der Waals surface area (Å²) in [5, 5.41) is 18.6. The number of aromatic carboxylic acids is 1. The number of carboxylic acid groups (broad SMARTS) is 1. The molecule has 1 heterocycles. The van der Waals surface area contributed by atoms with Crippen LogP contribution >= 0.6 is 0 Å². The molecule has 0 radical (unpaired) electrons. The molecule has 1 aliphatic rings. The monoisotopic (exact) mass is 281 g/mol. The van der Waals surface area contributed by atoms with Gasteiger partial charge in [0, 0.05) is 11.1 Å². The number of phenols is 1. The van der Waals surface area contributed by atoms with Gasteiger partial charge in [0.05, 0.1) is 11.4 Å². The first-order chi connectivity index (χ1) is 10.0. The third-order valence-electron chi connectivity index (χ3n) is 3.41. The number of anilines is 1. The number of nitrogens with zero attached hydrogens (tertiary/aromatic N) is 1. The molecule has 1 aliphatic heterocycles. The molecule has 2 N–H and O–H groups in total. The Morgan fingerprint density at radius 1 is 1.10 bits per heavy atom. The second-order valence-electron chi connectivity index (χ2n) is 4.64. The van der Waals surface area contributed by atoms with Crippen molar-refractivity contribution in [3.63, 3.8) is 0 Å². The van der Waals surface area contributed by atoms with E-state index in [-0.39, 0.29) is 17.2 Å². The predicted molar refractivity (Wildman–Crippen MR) is 77.4 cm³/mol. The molecule has 0 fully saturated rings. The number of carbonyl (C=O) groups is 2. The Kier molecular flexibility index (Phi) is 2.76. The van der Waals surface area contributed by atoms with Crippen molar-refractivity contribution in [2.75, 3.05) is 4.90 Å². The van der Waals surface area contributed by atoms with E-state index in [4.69, 9.17) is 5.11 Å². The van der Waals surface area contributed by atoms with Crippen LogP contribution in [0, 0.1) is 0 Å². The molecule has 0 aromatic heterocycles. The quantitative estimate of drug-likeness (QED) is 0.887. The van der Waals surface area contributed by atoms with E-state index in [1.54, 1.807) is 24.3 Å². The van der Waals surface area contributed by atoms with E-state index in [0.29, 0.717) is 22.5 Å². The lowest BCUT2D eigenvalue weighted by Gasteiger charge is -2.18. The second kappa shape index (κ2) is 4.49. The minimum atomic E-state index is -1.26. The van der Waals surface area contributed by atoms with Crippen LogP contribution in [0.15, 0.2) is 49.0 Å². The Morgan fingerprint density at radius 2 is 1.76 bits per heavy atom. The summed E-state index contributed by atoms with van der Waals surface area (Å²) in [6.07, 6.45) is 0. The lowest BCUT2D eigenvalue weighted by atomic mass is 10.1. The molecule has 0 unspecified atom stereocenters. The van der Waals surface area contributed by atoms with E-state index < -0.39 is 5.97 Å². The van der Waals surface area contributed by atoms with Crippen LogP contribution in [0.25, 0.3) is 5.70 Å². The smallest absolute Gasteiger partial charge is 0.339 e. The highest BCUT2D eigenvalue weighted by Gasteiger charge is 2.32. The number of carbonyl (C=O) groups excluding carboxylic acids is 1. The number of rotatable bonds is 2. The average molecular weight is 281 g/mol. The molecule has 1 amide bonds. The molecular weight excluding hydrogens is 270 g/mol. The van der Waals surface area contributed by atoms with Crippen molar-refractivity contribution in [2.24, 2.45) is 0 Å². The minimum absolute atomic E-state index is 0.260. The van der Waals surface area contributed by atoms with Crippen molar-refractivity contribution in [1.29, 1.82) is 0 Å². The maximum atomic E-state index is 12.4. The molecule has 2 aromatic carbocycles. The van der Waals surface area contributed by atoms with Crippen LogP contribution in [0.4, 0.5) is 5.69 Å². The van der Waals surface area contributed by atoms with Gasteiger partial charge in [-0.25, -0.2) is 4.79 Å². The zero-order valence-corrected chi connectivity index (χ0v) is 10.9. The second-order valence-corrected chi connectivity index (χ2v) is 4.64. The Labute approximate surface area is 120 Å². The fourth-order valence-electron chi connectivity index (χ4n) is 2.39. The first-order valence-corrected chi connectivity index (χ1v) is 6.20. The van der Waals surface area contributed by atoms with Crippen molar-refractivity contribution >= 4 is 23.3 Å². The molecule has 0 bridgehead atoms. The van der Waals surface area contributed by atoms with Gasteiger partial charge in [-0.1, -0.05) is 24.8 Å². The van der Waals surface area contributed by atoms with Gasteiger partial charge in [0.1, 0.15) is 11.3 Å². The summed E-state index contributed by atoms with van der Waals surface area (Å²) in [4.78, 5) is 24.9. The standard InChI is InChI=1S/C16H11NO4/c1-9-11-4-2-3-5-12(11)15(19)17(9)10-6-7-14(18)13(8-10)16(20)21/h2-8,18H,1H2,(H,20,21). The molecular formula is C16H11NO4. The summed E-state index contributed by atoms with van der Waals surface area (Å²) in [5.74, 6) is -1.87. The summed E-state index contributed by atoms with van der Waals surface area (Å²) in [7, 11) is 0. The first-order valence-electron chi connectivity index (χ1n) is 6.20. The van der Waals surface area contributed by atoms with Crippen molar-refractivity contribution in [3.8, 4) is 5.75 Å². The van der Waals surface area contributed by atoms with Crippen LogP contribution in [0.2, 0.25) is 0 Å². The van der Waals surface area contributed by atoms with E-state index in [1.165, 1.54) is 23.1 Å². The summed E-state index contributed by atoms with van der Waals surface area (Å²) < 4.78 is 0. The Bertz CT molecular complexity index is 760. The topological polar surface area (TPSA) is 77.8 Å². The maximum absolute atomic E-state index is 12.4. The molecule has 0 aliphatic carbocycles. The summed E-state index contributed by atoms with van der Waals surface area (Å²) >= 11 is 0. The molecule has 0 saturated carbocycles. The number of aromatic hydroxyl groups is 1. The van der Waals surface area contributed by atoms with Gasteiger partial charge in [-0.15, -0.1) is 0 Å². The van der Waals surface area contributed by atoms with Crippen LogP contribution in [0.5, 0.6) is 5.75 Å². The highest BCUT2D eigenvalue weighted by atomic mass is 16.4. The zero-order chi connectivity index (χ0) is 15.1. The van der Waals surface area contributed by atoms with Crippen molar-refractivity contribution in [2.45, 2.75) is 0 Å². The van der Waals surface area contributed by atoms with Gasteiger partial charge in [-0.3, -0.25) is 9.69 Å². The van der Waals surface area contributed by atoms with Crippen molar-refractivity contribution in [1.82, 2.24) is 0 Å². The van der Waals surface area contributed by atoms with E-state index in [9.17, 15) is 14.7 Å². The van der Waals surface area contributed by atoms with Crippen molar-refractivity contribution in [3.05, 3.63) is 65.7 Å². The lowest BCUT2D eigenvalue weighted by Crippen LogP contribution is -2.22. The van der Waals surface area contributed by atoms with Gasteiger partial charge in [0.15, 0.2) is 0 Å². The molecule has 3 rings (SSSR count). The number of carboxylic acids is 1. The number of benzene rings is 2. The summed E-state index contributed by atoms with van der Waals surface area (Å²) in [6.45, 7) is 3.90. The Morgan fingerprint density at radius 3 is 2.38 bits per heavy atom. The predicted octanol–water partition coefficient (Wildman–Crippen LogP) is 2.72. The average Bonchev–Trinajstić information content (AvgIpc) is 2.72. The van der Waals surface area contributed by atoms with Gasteiger partial charge in [0.25, 0.3) is 5.91 Å². The number of hydrogen-bond donors (Lipinski definition) is 2. The first kappa shape index (κ1) is 12.9. The summed E-state index contributed by atoms with van der Waals surface area (Å²) in [6, 6.07) is 11.0. The molecule has 2 aromatic rings. The number of hydrogen-bond acceptors (Lipinski definition) is 3. The number of fused-ring (bicyclic) bond motifs is 1. The SMILES string of the molecule is C=C1c2ccccc2C(=O)N1c1ccc(O)c(C(=O)O)c1. The molecule has 104 valence electrons. The number of amides is 1. The highest BCUT2D eigenvalue weighted by molar-refractivity contribution is 6.22. The van der Waals surface area contributed by atoms with Gasteiger partial charge in [-0.2, -0.15) is 0 Å². The fraction of sp³-hybridized carbons (Fsp3) is 0. The molecule has 0 spiro atoms. The van der Waals surface area contributed by atoms with E-state index in [1.807, 2.05) is 0 Å². The normalized spacial score (nSPS) is 13.4. The zero-order valence-electron chi connectivity index (χ0n) is 10.9. The van der Waals surface area contributed by atoms with Gasteiger partial charge in [-0.05, 0) is 24.3 Å². The summed E-state index contributed by atoms with van der Waals surface area (Å²) in [5.41, 5.74) is 1.82.